The number of anilines is 2. The van der Waals surface area contributed by atoms with Crippen LogP contribution in [0, 0.1) is 6.92 Å². The molecule has 0 saturated heterocycles. The van der Waals surface area contributed by atoms with Crippen LogP contribution in [0.15, 0.2) is 29.6 Å². The smallest absolute Gasteiger partial charge is 0.265 e. The minimum atomic E-state index is -3.69. The van der Waals surface area contributed by atoms with Crippen LogP contribution in [0.2, 0.25) is 0 Å². The van der Waals surface area contributed by atoms with E-state index in [1.807, 2.05) is 0 Å². The highest BCUT2D eigenvalue weighted by molar-refractivity contribution is 7.92. The molecular formula is C11H15N5O2S. The van der Waals surface area contributed by atoms with Gasteiger partial charge in [-0.05, 0) is 13.0 Å². The van der Waals surface area contributed by atoms with Gasteiger partial charge in [0.15, 0.2) is 0 Å². The molecule has 2 rings (SSSR count). The first-order valence-corrected chi connectivity index (χ1v) is 7.07. The van der Waals surface area contributed by atoms with Gasteiger partial charge in [0.2, 0.25) is 0 Å². The first-order chi connectivity index (χ1) is 8.94. The summed E-state index contributed by atoms with van der Waals surface area (Å²) in [6.07, 6.45) is 4.45. The van der Waals surface area contributed by atoms with E-state index in [9.17, 15) is 8.42 Å². The van der Waals surface area contributed by atoms with Crippen molar-refractivity contribution in [2.75, 3.05) is 17.1 Å². The van der Waals surface area contributed by atoms with Crippen molar-refractivity contribution >= 4 is 21.4 Å². The van der Waals surface area contributed by atoms with Crippen molar-refractivity contribution in [1.82, 2.24) is 14.8 Å². The SMILES string of the molecule is CNc1ccncc1S(=O)(=O)Nc1cn(C)nc1C. The van der Waals surface area contributed by atoms with Crippen LogP contribution >= 0.6 is 0 Å². The normalized spacial score (nSPS) is 11.3. The first-order valence-electron chi connectivity index (χ1n) is 5.59. The summed E-state index contributed by atoms with van der Waals surface area (Å²) in [5.74, 6) is 0. The van der Waals surface area contributed by atoms with Crippen molar-refractivity contribution in [1.29, 1.82) is 0 Å². The van der Waals surface area contributed by atoms with Crippen molar-refractivity contribution in [3.8, 4) is 0 Å². The molecule has 2 N–H and O–H groups in total. The predicted octanol–water partition coefficient (Wildman–Crippen LogP) is 0.966. The molecule has 0 unspecified atom stereocenters. The molecule has 0 fully saturated rings. The van der Waals surface area contributed by atoms with Crippen molar-refractivity contribution in [3.63, 3.8) is 0 Å². The maximum Gasteiger partial charge on any atom is 0.265 e. The van der Waals surface area contributed by atoms with Crippen molar-refractivity contribution in [2.45, 2.75) is 11.8 Å². The number of hydrogen-bond acceptors (Lipinski definition) is 5. The lowest BCUT2D eigenvalue weighted by Crippen LogP contribution is -2.15. The van der Waals surface area contributed by atoms with Crippen molar-refractivity contribution in [2.24, 2.45) is 7.05 Å². The highest BCUT2D eigenvalue weighted by Gasteiger charge is 2.20. The molecule has 0 radical (unpaired) electrons. The third-order valence-electron chi connectivity index (χ3n) is 2.60. The second kappa shape index (κ2) is 4.88. The summed E-state index contributed by atoms with van der Waals surface area (Å²) < 4.78 is 28.7. The third kappa shape index (κ3) is 2.68. The molecule has 0 aromatic carbocycles. The molecule has 19 heavy (non-hydrogen) atoms. The Balaban J connectivity index is 2.40. The summed E-state index contributed by atoms with van der Waals surface area (Å²) in [6.45, 7) is 1.74. The molecule has 0 spiro atoms. The Morgan fingerprint density at radius 1 is 1.32 bits per heavy atom. The first kappa shape index (κ1) is 13.3. The molecule has 0 amide bonds. The average Bonchev–Trinajstić information content (AvgIpc) is 2.67. The Hall–Kier alpha value is -2.09. The van der Waals surface area contributed by atoms with Crippen LogP contribution in [0.5, 0.6) is 0 Å². The third-order valence-corrected chi connectivity index (χ3v) is 3.99. The summed E-state index contributed by atoms with van der Waals surface area (Å²) in [7, 11) is -0.307. The summed E-state index contributed by atoms with van der Waals surface area (Å²) in [4.78, 5) is 3.95. The van der Waals surface area contributed by atoms with Crippen molar-refractivity contribution < 1.29 is 8.42 Å². The van der Waals surface area contributed by atoms with Gasteiger partial charge >= 0.3 is 0 Å². The van der Waals surface area contributed by atoms with E-state index in [1.54, 1.807) is 38.0 Å². The Kier molecular flexibility index (Phi) is 3.43. The number of nitrogens with zero attached hydrogens (tertiary/aromatic N) is 3. The number of aromatic nitrogens is 3. The van der Waals surface area contributed by atoms with E-state index in [0.717, 1.165) is 0 Å². The molecule has 2 heterocycles. The number of pyridine rings is 1. The van der Waals surface area contributed by atoms with E-state index in [-0.39, 0.29) is 4.90 Å². The Labute approximate surface area is 111 Å². The van der Waals surface area contributed by atoms with Gasteiger partial charge in [0.25, 0.3) is 10.0 Å². The van der Waals surface area contributed by atoms with E-state index in [2.05, 4.69) is 20.1 Å². The Morgan fingerprint density at radius 2 is 2.05 bits per heavy atom. The van der Waals surface area contributed by atoms with Gasteiger partial charge in [0.1, 0.15) is 4.90 Å². The zero-order valence-corrected chi connectivity index (χ0v) is 11.7. The van der Waals surface area contributed by atoms with E-state index in [1.165, 1.54) is 12.4 Å². The van der Waals surface area contributed by atoms with Gasteiger partial charge in [-0.25, -0.2) is 8.42 Å². The predicted molar refractivity (Wildman–Crippen MR) is 72.5 cm³/mol. The van der Waals surface area contributed by atoms with Gasteiger partial charge in [0, 0.05) is 32.7 Å². The standard InChI is InChI=1S/C11H15N5O2S/c1-8-10(7-16(3)14-8)15-19(17,18)11-6-13-5-4-9(11)12-2/h4-7,15H,1-3H3,(H,12,13). The number of hydrogen-bond donors (Lipinski definition) is 2. The second-order valence-corrected chi connectivity index (χ2v) is 5.68. The monoisotopic (exact) mass is 281 g/mol. The highest BCUT2D eigenvalue weighted by atomic mass is 32.2. The molecule has 102 valence electrons. The van der Waals surface area contributed by atoms with Crippen LogP contribution in [0.1, 0.15) is 5.69 Å². The molecule has 0 aliphatic heterocycles. The molecule has 0 bridgehead atoms. The number of aryl methyl sites for hydroxylation is 2. The average molecular weight is 281 g/mol. The molecule has 0 atom stereocenters. The lowest BCUT2D eigenvalue weighted by molar-refractivity contribution is 0.601. The van der Waals surface area contributed by atoms with Crippen LogP contribution < -0.4 is 10.0 Å². The van der Waals surface area contributed by atoms with Crippen LogP contribution in [-0.2, 0) is 17.1 Å². The maximum atomic E-state index is 12.3. The van der Waals surface area contributed by atoms with Gasteiger partial charge in [-0.2, -0.15) is 5.10 Å². The molecule has 8 heteroatoms. The molecule has 2 aromatic heterocycles. The summed E-state index contributed by atoms with van der Waals surface area (Å²) in [6, 6.07) is 1.60. The molecule has 2 aromatic rings. The Morgan fingerprint density at radius 3 is 2.63 bits per heavy atom. The number of rotatable bonds is 4. The zero-order valence-electron chi connectivity index (χ0n) is 10.9. The molecular weight excluding hydrogens is 266 g/mol. The minimum absolute atomic E-state index is 0.0979. The van der Waals surface area contributed by atoms with Crippen LogP contribution in [0.25, 0.3) is 0 Å². The van der Waals surface area contributed by atoms with Crippen LogP contribution in [0.3, 0.4) is 0 Å². The lowest BCUT2D eigenvalue weighted by atomic mass is 10.4. The minimum Gasteiger partial charge on any atom is -0.387 e. The van der Waals surface area contributed by atoms with Gasteiger partial charge < -0.3 is 5.32 Å². The van der Waals surface area contributed by atoms with E-state index in [0.29, 0.717) is 17.1 Å². The maximum absolute atomic E-state index is 12.3. The van der Waals surface area contributed by atoms with Gasteiger partial charge in [-0.1, -0.05) is 0 Å². The fourth-order valence-corrected chi connectivity index (χ4v) is 2.96. The topological polar surface area (TPSA) is 88.9 Å². The van der Waals surface area contributed by atoms with Crippen LogP contribution in [-0.4, -0.2) is 30.2 Å². The van der Waals surface area contributed by atoms with Gasteiger partial charge in [-0.15, -0.1) is 0 Å². The van der Waals surface area contributed by atoms with Crippen molar-refractivity contribution in [3.05, 3.63) is 30.4 Å². The number of nitrogens with one attached hydrogen (secondary N) is 2. The zero-order chi connectivity index (χ0) is 14.0. The molecule has 0 saturated carbocycles. The largest absolute Gasteiger partial charge is 0.387 e. The van der Waals surface area contributed by atoms with E-state index < -0.39 is 10.0 Å². The van der Waals surface area contributed by atoms with E-state index in [4.69, 9.17) is 0 Å². The fraction of sp³-hybridized carbons (Fsp3) is 0.273. The lowest BCUT2D eigenvalue weighted by Gasteiger charge is -2.10. The quantitative estimate of drug-likeness (QED) is 0.871. The van der Waals surface area contributed by atoms with E-state index >= 15 is 0 Å². The molecule has 0 aliphatic carbocycles. The number of sulfonamides is 1. The fourth-order valence-electron chi connectivity index (χ4n) is 1.70. The summed E-state index contributed by atoms with van der Waals surface area (Å²) in [5.41, 5.74) is 1.55. The van der Waals surface area contributed by atoms with Crippen LogP contribution in [0.4, 0.5) is 11.4 Å². The Bertz CT molecular complexity index is 693. The molecule has 0 aliphatic rings. The molecule has 7 nitrogen and oxygen atoms in total. The highest BCUT2D eigenvalue weighted by Crippen LogP contribution is 2.23. The summed E-state index contributed by atoms with van der Waals surface area (Å²) in [5, 5.41) is 6.92. The van der Waals surface area contributed by atoms with Gasteiger partial charge in [-0.3, -0.25) is 14.4 Å². The second-order valence-electron chi connectivity index (χ2n) is 4.03. The van der Waals surface area contributed by atoms with Gasteiger partial charge in [0.05, 0.1) is 17.1 Å². The summed E-state index contributed by atoms with van der Waals surface area (Å²) >= 11 is 0.